The second-order valence-corrected chi connectivity index (χ2v) is 10.3. The van der Waals surface area contributed by atoms with Crippen molar-refractivity contribution in [3.05, 3.63) is 35.1 Å². The van der Waals surface area contributed by atoms with Gasteiger partial charge in [-0.05, 0) is 75.6 Å². The summed E-state index contributed by atoms with van der Waals surface area (Å²) in [6.07, 6.45) is 5.55. The molecule has 0 amide bonds. The lowest BCUT2D eigenvalue weighted by Crippen LogP contribution is -2.67. The van der Waals surface area contributed by atoms with Crippen molar-refractivity contribution in [2.75, 3.05) is 13.7 Å². The maximum atomic E-state index is 13.0. The highest BCUT2D eigenvalue weighted by Crippen LogP contribution is 2.67. The summed E-state index contributed by atoms with van der Waals surface area (Å²) in [5.41, 5.74) is 0.518. The Morgan fingerprint density at radius 1 is 1.26 bits per heavy atom. The molecule has 6 atom stereocenters. The first-order valence-electron chi connectivity index (χ1n) is 12.3. The van der Waals surface area contributed by atoms with E-state index >= 15 is 0 Å². The summed E-state index contributed by atoms with van der Waals surface area (Å²) in [6.45, 7) is 2.29. The SMILES string of the molecule is COc1ccc2c3c1O[C@@H]1C(OC(=O)[C@H](C)OC(=O)[C@@H]4CCCN4)=CC[C@]4(O)[C@@H](CCC[C@@]314)C2. The van der Waals surface area contributed by atoms with Gasteiger partial charge < -0.3 is 29.4 Å². The van der Waals surface area contributed by atoms with Crippen LogP contribution in [0.1, 0.15) is 56.6 Å². The third-order valence-corrected chi connectivity index (χ3v) is 8.66. The normalized spacial score (nSPS) is 35.5. The van der Waals surface area contributed by atoms with Gasteiger partial charge >= 0.3 is 11.9 Å². The Balaban J connectivity index is 1.31. The predicted octanol–water partition coefficient (Wildman–Crippen LogP) is 2.30. The van der Waals surface area contributed by atoms with Crippen molar-refractivity contribution in [1.29, 1.82) is 0 Å². The minimum atomic E-state index is -1.05. The quantitative estimate of drug-likeness (QED) is 0.634. The Morgan fingerprint density at radius 2 is 2.12 bits per heavy atom. The van der Waals surface area contributed by atoms with Gasteiger partial charge in [-0.25, -0.2) is 4.79 Å². The average molecular weight is 470 g/mol. The number of rotatable bonds is 5. The lowest BCUT2D eigenvalue weighted by molar-refractivity contribution is -0.171. The van der Waals surface area contributed by atoms with Crippen molar-refractivity contribution in [3.8, 4) is 11.5 Å². The zero-order valence-corrected chi connectivity index (χ0v) is 19.6. The second kappa shape index (κ2) is 7.71. The molecule has 1 spiro atoms. The second-order valence-electron chi connectivity index (χ2n) is 10.3. The fourth-order valence-corrected chi connectivity index (χ4v) is 7.07. The third-order valence-electron chi connectivity index (χ3n) is 8.66. The van der Waals surface area contributed by atoms with Crippen LogP contribution in [0, 0.1) is 5.92 Å². The average Bonchev–Trinajstić information content (AvgIpc) is 3.46. The van der Waals surface area contributed by atoms with Gasteiger partial charge in [0.1, 0.15) is 11.8 Å². The molecule has 3 aliphatic carbocycles. The molecule has 6 rings (SSSR count). The summed E-state index contributed by atoms with van der Waals surface area (Å²) in [5.74, 6) is 0.670. The van der Waals surface area contributed by atoms with Crippen molar-refractivity contribution >= 4 is 11.9 Å². The van der Waals surface area contributed by atoms with Crippen LogP contribution in [0.2, 0.25) is 0 Å². The Hall–Kier alpha value is -2.58. The first-order chi connectivity index (χ1) is 16.4. The number of esters is 2. The number of methoxy groups -OCH3 is 1. The van der Waals surface area contributed by atoms with Gasteiger partial charge in [0.15, 0.2) is 23.7 Å². The van der Waals surface area contributed by atoms with Crippen LogP contribution in [0.5, 0.6) is 11.5 Å². The van der Waals surface area contributed by atoms with E-state index in [4.69, 9.17) is 18.9 Å². The van der Waals surface area contributed by atoms with Crippen LogP contribution in [0.25, 0.3) is 0 Å². The highest BCUT2D eigenvalue weighted by Gasteiger charge is 2.71. The molecule has 182 valence electrons. The van der Waals surface area contributed by atoms with Crippen molar-refractivity contribution in [3.63, 3.8) is 0 Å². The fraction of sp³-hybridized carbons (Fsp3) is 0.615. The molecule has 8 heteroatoms. The van der Waals surface area contributed by atoms with Crippen molar-refractivity contribution < 1.29 is 33.6 Å². The first kappa shape index (κ1) is 21.9. The van der Waals surface area contributed by atoms with E-state index in [1.54, 1.807) is 13.2 Å². The Labute approximate surface area is 198 Å². The van der Waals surface area contributed by atoms with Crippen LogP contribution in [-0.2, 0) is 30.9 Å². The van der Waals surface area contributed by atoms with Crippen molar-refractivity contribution in [2.24, 2.45) is 5.92 Å². The van der Waals surface area contributed by atoms with E-state index < -0.39 is 35.2 Å². The molecule has 2 fully saturated rings. The molecule has 0 radical (unpaired) electrons. The molecule has 34 heavy (non-hydrogen) atoms. The van der Waals surface area contributed by atoms with Crippen LogP contribution < -0.4 is 14.8 Å². The Kier molecular flexibility index (Phi) is 4.97. The van der Waals surface area contributed by atoms with Gasteiger partial charge in [-0.2, -0.15) is 0 Å². The highest BCUT2D eigenvalue weighted by atomic mass is 16.6. The summed E-state index contributed by atoms with van der Waals surface area (Å²) < 4.78 is 23.3. The summed E-state index contributed by atoms with van der Waals surface area (Å²) in [5, 5.41) is 15.2. The lowest BCUT2D eigenvalue weighted by atomic mass is 9.47. The molecule has 2 N–H and O–H groups in total. The Bertz CT molecular complexity index is 1080. The molecular weight excluding hydrogens is 438 g/mol. The molecule has 1 aromatic carbocycles. The molecule has 1 aromatic rings. The van der Waals surface area contributed by atoms with Gasteiger partial charge in [0.25, 0.3) is 0 Å². The molecule has 2 aliphatic heterocycles. The molecule has 2 heterocycles. The monoisotopic (exact) mass is 469 g/mol. The van der Waals surface area contributed by atoms with E-state index in [0.29, 0.717) is 30.1 Å². The van der Waals surface area contributed by atoms with Gasteiger partial charge in [-0.3, -0.25) is 4.79 Å². The number of benzene rings is 1. The Morgan fingerprint density at radius 3 is 2.88 bits per heavy atom. The van der Waals surface area contributed by atoms with E-state index in [0.717, 1.165) is 44.2 Å². The van der Waals surface area contributed by atoms with Crippen LogP contribution in [0.4, 0.5) is 0 Å². The smallest absolute Gasteiger partial charge is 0.352 e. The molecule has 0 unspecified atom stereocenters. The number of carbonyl (C=O) groups is 2. The predicted molar refractivity (Wildman–Crippen MR) is 120 cm³/mol. The topological polar surface area (TPSA) is 103 Å². The molecule has 5 aliphatic rings. The number of nitrogens with one attached hydrogen (secondary N) is 1. The van der Waals surface area contributed by atoms with E-state index in [1.165, 1.54) is 12.5 Å². The minimum Gasteiger partial charge on any atom is -0.493 e. The van der Waals surface area contributed by atoms with Crippen LogP contribution in [-0.4, -0.2) is 54.6 Å². The highest BCUT2D eigenvalue weighted by molar-refractivity contribution is 5.82. The summed E-state index contributed by atoms with van der Waals surface area (Å²) in [4.78, 5) is 25.3. The zero-order valence-electron chi connectivity index (χ0n) is 19.6. The summed E-state index contributed by atoms with van der Waals surface area (Å²) >= 11 is 0. The lowest BCUT2D eigenvalue weighted by Gasteiger charge is -2.59. The molecular formula is C26H31NO7. The van der Waals surface area contributed by atoms with Crippen molar-refractivity contribution in [2.45, 2.75) is 81.1 Å². The summed E-state index contributed by atoms with van der Waals surface area (Å²) in [6, 6.07) is 3.61. The van der Waals surface area contributed by atoms with Crippen LogP contribution >= 0.6 is 0 Å². The van der Waals surface area contributed by atoms with Gasteiger partial charge in [-0.15, -0.1) is 0 Å². The molecule has 1 saturated carbocycles. The molecule has 2 bridgehead atoms. The number of ether oxygens (including phenoxy) is 4. The van der Waals surface area contributed by atoms with E-state index in [2.05, 4.69) is 11.4 Å². The van der Waals surface area contributed by atoms with Gasteiger partial charge in [-0.1, -0.05) is 12.5 Å². The largest absolute Gasteiger partial charge is 0.493 e. The van der Waals surface area contributed by atoms with Crippen LogP contribution in [0.15, 0.2) is 24.0 Å². The molecule has 1 saturated heterocycles. The van der Waals surface area contributed by atoms with Gasteiger partial charge in [0, 0.05) is 5.56 Å². The first-order valence-corrected chi connectivity index (χ1v) is 12.3. The standard InChI is InChI=1S/C26H31NO7/c1-14(32-24(29)17-6-4-12-27-17)23(28)33-19-9-11-26(30)16-5-3-10-25(26)20-15(13-16)7-8-18(31-2)21(20)34-22(19)25/h7-9,14,16-17,22,27,30H,3-6,10-13H2,1-2H3/t14-,16-,17-,22+,25+,26-/m0/s1. The van der Waals surface area contributed by atoms with Gasteiger partial charge in [0.2, 0.25) is 0 Å². The molecule has 0 aromatic heterocycles. The maximum absolute atomic E-state index is 13.0. The number of hydrogen-bond acceptors (Lipinski definition) is 8. The summed E-state index contributed by atoms with van der Waals surface area (Å²) in [7, 11) is 1.60. The van der Waals surface area contributed by atoms with E-state index in [-0.39, 0.29) is 12.0 Å². The minimum absolute atomic E-state index is 0.117. The number of aliphatic hydroxyl groups is 1. The number of hydrogen-bond donors (Lipinski definition) is 2. The van der Waals surface area contributed by atoms with Gasteiger partial charge in [0.05, 0.1) is 18.1 Å². The van der Waals surface area contributed by atoms with Crippen LogP contribution in [0.3, 0.4) is 0 Å². The fourth-order valence-electron chi connectivity index (χ4n) is 7.07. The molecule has 8 nitrogen and oxygen atoms in total. The maximum Gasteiger partial charge on any atom is 0.352 e. The van der Waals surface area contributed by atoms with Crippen molar-refractivity contribution in [1.82, 2.24) is 5.32 Å². The zero-order chi connectivity index (χ0) is 23.7. The van der Waals surface area contributed by atoms with E-state index in [1.807, 2.05) is 6.07 Å². The third kappa shape index (κ3) is 2.84. The number of carbonyl (C=O) groups excluding carboxylic acids is 2. The van der Waals surface area contributed by atoms with E-state index in [9.17, 15) is 14.7 Å².